The minimum Gasteiger partial charge on any atom is -0.465 e. The molecule has 3 aromatic rings. The molecule has 0 atom stereocenters. The summed E-state index contributed by atoms with van der Waals surface area (Å²) in [5, 5.41) is 7.44. The van der Waals surface area contributed by atoms with E-state index in [2.05, 4.69) is 15.2 Å². The average Bonchev–Trinajstić information content (AvgIpc) is 3.09. The van der Waals surface area contributed by atoms with Crippen LogP contribution in [0, 0.1) is 13.8 Å². The zero-order valence-electron chi connectivity index (χ0n) is 19.0. The maximum absolute atomic E-state index is 12.2. The minimum absolute atomic E-state index is 0.295. The van der Waals surface area contributed by atoms with Gasteiger partial charge >= 0.3 is 11.9 Å². The van der Waals surface area contributed by atoms with Crippen molar-refractivity contribution in [2.24, 2.45) is 0 Å². The normalized spacial score (nSPS) is 10.8. The summed E-state index contributed by atoms with van der Waals surface area (Å²) in [6.07, 6.45) is 2.70. The zero-order valence-corrected chi connectivity index (χ0v) is 19.8. The van der Waals surface area contributed by atoms with Crippen molar-refractivity contribution in [2.45, 2.75) is 20.4 Å². The monoisotopic (exact) mass is 481 g/mol. The van der Waals surface area contributed by atoms with E-state index in [0.717, 1.165) is 11.1 Å². The van der Waals surface area contributed by atoms with Crippen LogP contribution < -0.4 is 5.32 Å². The topological polar surface area (TPSA) is 99.5 Å². The van der Waals surface area contributed by atoms with Crippen molar-refractivity contribution in [3.63, 3.8) is 0 Å². The van der Waals surface area contributed by atoms with Crippen LogP contribution in [0.2, 0.25) is 5.15 Å². The van der Waals surface area contributed by atoms with Crippen LogP contribution in [-0.2, 0) is 25.6 Å². The highest BCUT2D eigenvalue weighted by atomic mass is 35.5. The highest BCUT2D eigenvalue weighted by molar-refractivity contribution is 6.31. The lowest BCUT2D eigenvalue weighted by Crippen LogP contribution is -2.21. The number of hydrogen-bond donors (Lipinski definition) is 1. The second-order valence-electron chi connectivity index (χ2n) is 7.44. The summed E-state index contributed by atoms with van der Waals surface area (Å²) in [6.45, 7) is 3.56. The molecule has 8 nitrogen and oxygen atoms in total. The van der Waals surface area contributed by atoms with Crippen molar-refractivity contribution in [2.75, 3.05) is 19.0 Å². The summed E-state index contributed by atoms with van der Waals surface area (Å²) in [5.74, 6) is -1.77. The number of nitrogens with one attached hydrogen (secondary N) is 1. The minimum atomic E-state index is -0.707. The van der Waals surface area contributed by atoms with Crippen LogP contribution in [0.1, 0.15) is 32.7 Å². The number of anilines is 1. The number of carbonyl (C=O) groups excluding carboxylic acids is 3. The van der Waals surface area contributed by atoms with Crippen molar-refractivity contribution < 1.29 is 23.9 Å². The number of aromatic nitrogens is 2. The van der Waals surface area contributed by atoms with Crippen molar-refractivity contribution >= 4 is 41.2 Å². The highest BCUT2D eigenvalue weighted by Crippen LogP contribution is 2.22. The highest BCUT2D eigenvalue weighted by Gasteiger charge is 2.14. The molecular formula is C25H24ClN3O5. The van der Waals surface area contributed by atoms with Crippen LogP contribution >= 0.6 is 11.6 Å². The third kappa shape index (κ3) is 6.32. The molecule has 0 radical (unpaired) electrons. The lowest BCUT2D eigenvalue weighted by molar-refractivity contribution is -0.142. The molecule has 3 rings (SSSR count). The SMILES string of the molecule is COC(=O)c1ccc(C)c(NC(=O)COC(=O)/C=C/c2c(C)nn(Cc3ccccc3)c2Cl)c1. The number of esters is 2. The van der Waals surface area contributed by atoms with Crippen LogP contribution in [0.15, 0.2) is 54.6 Å². The molecule has 1 amide bonds. The number of amides is 1. The number of carbonyl (C=O) groups is 3. The maximum atomic E-state index is 12.2. The predicted octanol–water partition coefficient (Wildman–Crippen LogP) is 4.18. The molecule has 176 valence electrons. The third-order valence-corrected chi connectivity index (χ3v) is 5.35. The van der Waals surface area contributed by atoms with E-state index in [9.17, 15) is 14.4 Å². The van der Waals surface area contributed by atoms with Gasteiger partial charge in [-0.3, -0.25) is 4.79 Å². The molecule has 9 heteroatoms. The first kappa shape index (κ1) is 24.7. The summed E-state index contributed by atoms with van der Waals surface area (Å²) in [7, 11) is 1.27. The molecule has 0 fully saturated rings. The van der Waals surface area contributed by atoms with Crippen LogP contribution in [0.3, 0.4) is 0 Å². The van der Waals surface area contributed by atoms with Gasteiger partial charge in [-0.2, -0.15) is 5.10 Å². The molecule has 0 unspecified atom stereocenters. The van der Waals surface area contributed by atoms with E-state index in [-0.39, 0.29) is 0 Å². The van der Waals surface area contributed by atoms with Gasteiger partial charge in [-0.15, -0.1) is 0 Å². The van der Waals surface area contributed by atoms with Crippen molar-refractivity contribution in [3.8, 4) is 0 Å². The van der Waals surface area contributed by atoms with Gasteiger partial charge in [0.2, 0.25) is 0 Å². The van der Waals surface area contributed by atoms with Crippen LogP contribution in [0.25, 0.3) is 6.08 Å². The molecule has 1 N–H and O–H groups in total. The summed E-state index contributed by atoms with van der Waals surface area (Å²) >= 11 is 6.44. The van der Waals surface area contributed by atoms with Gasteiger partial charge < -0.3 is 14.8 Å². The Labute approximate surface area is 202 Å². The molecule has 0 aliphatic carbocycles. The van der Waals surface area contributed by atoms with Crippen LogP contribution in [0.5, 0.6) is 0 Å². The predicted molar refractivity (Wildman–Crippen MR) is 129 cm³/mol. The molecule has 1 aromatic heterocycles. The molecular weight excluding hydrogens is 458 g/mol. The summed E-state index contributed by atoms with van der Waals surface area (Å²) in [6, 6.07) is 14.5. The van der Waals surface area contributed by atoms with E-state index in [1.165, 1.54) is 25.3 Å². The second-order valence-corrected chi connectivity index (χ2v) is 7.80. The fourth-order valence-corrected chi connectivity index (χ4v) is 3.44. The van der Waals surface area contributed by atoms with E-state index in [1.807, 2.05) is 30.3 Å². The van der Waals surface area contributed by atoms with Crippen LogP contribution in [0.4, 0.5) is 5.69 Å². The Morgan fingerprint density at radius 3 is 2.56 bits per heavy atom. The zero-order chi connectivity index (χ0) is 24.7. The number of hydrogen-bond acceptors (Lipinski definition) is 6. The molecule has 0 spiro atoms. The number of rotatable bonds is 8. The first-order chi connectivity index (χ1) is 16.3. The van der Waals surface area contributed by atoms with Gasteiger partial charge in [0.1, 0.15) is 5.15 Å². The molecule has 34 heavy (non-hydrogen) atoms. The number of halogens is 1. The lowest BCUT2D eigenvalue weighted by atomic mass is 10.1. The fraction of sp³-hybridized carbons (Fsp3) is 0.200. The maximum Gasteiger partial charge on any atom is 0.337 e. The molecule has 1 heterocycles. The van der Waals surface area contributed by atoms with E-state index in [1.54, 1.807) is 30.7 Å². The molecule has 0 bridgehead atoms. The van der Waals surface area contributed by atoms with Crippen LogP contribution in [-0.4, -0.2) is 41.3 Å². The largest absolute Gasteiger partial charge is 0.465 e. The Balaban J connectivity index is 1.58. The second kappa shape index (κ2) is 11.3. The molecule has 0 aliphatic rings. The summed E-state index contributed by atoms with van der Waals surface area (Å²) < 4.78 is 11.3. The van der Waals surface area contributed by atoms with E-state index in [0.29, 0.717) is 34.2 Å². The fourth-order valence-electron chi connectivity index (χ4n) is 3.14. The smallest absolute Gasteiger partial charge is 0.337 e. The summed E-state index contributed by atoms with van der Waals surface area (Å²) in [4.78, 5) is 36.0. The van der Waals surface area contributed by atoms with Crippen molar-refractivity contribution in [3.05, 3.63) is 87.7 Å². The molecule has 2 aromatic carbocycles. The Morgan fingerprint density at radius 1 is 1.12 bits per heavy atom. The van der Waals surface area contributed by atoms with Gasteiger partial charge in [0, 0.05) is 17.3 Å². The number of benzene rings is 2. The van der Waals surface area contributed by atoms with Gasteiger partial charge in [-0.25, -0.2) is 14.3 Å². The van der Waals surface area contributed by atoms with Crippen molar-refractivity contribution in [1.29, 1.82) is 0 Å². The number of nitrogens with zero attached hydrogens (tertiary/aromatic N) is 2. The number of ether oxygens (including phenoxy) is 2. The first-order valence-electron chi connectivity index (χ1n) is 10.4. The summed E-state index contributed by atoms with van der Waals surface area (Å²) in [5.41, 5.74) is 3.75. The van der Waals surface area contributed by atoms with Gasteiger partial charge in [-0.1, -0.05) is 48.0 Å². The van der Waals surface area contributed by atoms with Gasteiger partial charge in [0.25, 0.3) is 5.91 Å². The molecule has 0 saturated heterocycles. The molecule has 0 saturated carbocycles. The Kier molecular flexibility index (Phi) is 8.21. The molecule has 0 aliphatic heterocycles. The van der Waals surface area contributed by atoms with Gasteiger partial charge in [0.05, 0.1) is 24.9 Å². The standard InChI is InChI=1S/C25H24ClN3O5/c1-16-9-10-19(25(32)33-3)13-21(16)27-22(30)15-34-23(31)12-11-20-17(2)28-29(24(20)26)14-18-7-5-4-6-8-18/h4-13H,14-15H2,1-3H3,(H,27,30)/b12-11+. The van der Waals surface area contributed by atoms with Gasteiger partial charge in [-0.05, 0) is 43.2 Å². The van der Waals surface area contributed by atoms with Crippen molar-refractivity contribution in [1.82, 2.24) is 9.78 Å². The quantitative estimate of drug-likeness (QED) is 0.382. The number of aryl methyl sites for hydroxylation is 2. The third-order valence-electron chi connectivity index (χ3n) is 4.95. The Morgan fingerprint density at radius 2 is 1.85 bits per heavy atom. The average molecular weight is 482 g/mol. The van der Waals surface area contributed by atoms with Gasteiger partial charge in [0.15, 0.2) is 6.61 Å². The Hall–Kier alpha value is -3.91. The van der Waals surface area contributed by atoms with E-state index in [4.69, 9.17) is 16.3 Å². The first-order valence-corrected chi connectivity index (χ1v) is 10.8. The lowest BCUT2D eigenvalue weighted by Gasteiger charge is -2.10. The Bertz CT molecular complexity index is 1230. The van der Waals surface area contributed by atoms with E-state index >= 15 is 0 Å². The number of methoxy groups -OCH3 is 1. The van der Waals surface area contributed by atoms with E-state index < -0.39 is 24.5 Å².